The van der Waals surface area contributed by atoms with Crippen molar-refractivity contribution in [3.63, 3.8) is 0 Å². The zero-order valence-corrected chi connectivity index (χ0v) is 14.3. The molecule has 2 heterocycles. The normalized spacial score (nSPS) is 15.7. The van der Waals surface area contributed by atoms with Crippen LogP contribution in [0.2, 0.25) is 0 Å². The van der Waals surface area contributed by atoms with Crippen molar-refractivity contribution >= 4 is 22.8 Å². The lowest BCUT2D eigenvalue weighted by Crippen LogP contribution is -2.29. The summed E-state index contributed by atoms with van der Waals surface area (Å²) in [5.74, 6) is 0.761. The van der Waals surface area contributed by atoms with Crippen molar-refractivity contribution in [3.8, 4) is 0 Å². The Labute approximate surface area is 151 Å². The van der Waals surface area contributed by atoms with Gasteiger partial charge in [0.05, 0.1) is 23.5 Å². The first-order chi connectivity index (χ1) is 12.7. The predicted molar refractivity (Wildman–Crippen MR) is 98.7 cm³/mol. The van der Waals surface area contributed by atoms with E-state index in [-0.39, 0.29) is 24.3 Å². The molecule has 1 aliphatic heterocycles. The van der Waals surface area contributed by atoms with Crippen LogP contribution in [0.3, 0.4) is 0 Å². The van der Waals surface area contributed by atoms with E-state index in [1.54, 1.807) is 6.07 Å². The van der Waals surface area contributed by atoms with Crippen LogP contribution in [0.1, 0.15) is 40.6 Å². The molecule has 132 valence electrons. The summed E-state index contributed by atoms with van der Waals surface area (Å²) in [6, 6.07) is 15.1. The highest BCUT2D eigenvalue weighted by atomic mass is 16.2. The lowest BCUT2D eigenvalue weighted by molar-refractivity contribution is -0.121. The number of H-pyrrole nitrogens is 1. The summed E-state index contributed by atoms with van der Waals surface area (Å²) in [7, 11) is 0. The van der Waals surface area contributed by atoms with E-state index in [4.69, 9.17) is 0 Å². The van der Waals surface area contributed by atoms with Gasteiger partial charge in [-0.15, -0.1) is 0 Å². The number of hydrogen-bond acceptors (Lipinski definition) is 3. The molecule has 0 spiro atoms. The summed E-state index contributed by atoms with van der Waals surface area (Å²) in [4.78, 5) is 31.9. The van der Waals surface area contributed by atoms with Gasteiger partial charge < -0.3 is 15.6 Å². The van der Waals surface area contributed by atoms with E-state index < -0.39 is 0 Å². The molecule has 2 aromatic carbocycles. The summed E-state index contributed by atoms with van der Waals surface area (Å²) in [5.41, 5.74) is 3.55. The minimum Gasteiger partial charge on any atom is -0.356 e. The van der Waals surface area contributed by atoms with Crippen molar-refractivity contribution in [1.29, 1.82) is 0 Å². The summed E-state index contributed by atoms with van der Waals surface area (Å²) < 4.78 is 0. The molecule has 1 aromatic heterocycles. The van der Waals surface area contributed by atoms with Gasteiger partial charge in [-0.05, 0) is 30.2 Å². The Bertz CT molecular complexity index is 930. The molecule has 0 unspecified atom stereocenters. The van der Waals surface area contributed by atoms with E-state index in [0.717, 1.165) is 35.3 Å². The number of nitrogens with zero attached hydrogens (tertiary/aromatic N) is 1. The van der Waals surface area contributed by atoms with Gasteiger partial charge in [0.2, 0.25) is 5.91 Å². The van der Waals surface area contributed by atoms with Gasteiger partial charge >= 0.3 is 0 Å². The van der Waals surface area contributed by atoms with Crippen LogP contribution in [0.5, 0.6) is 0 Å². The molecular formula is C20H20N4O2. The second-order valence-corrected chi connectivity index (χ2v) is 6.47. The highest BCUT2D eigenvalue weighted by Crippen LogP contribution is 2.27. The molecule has 26 heavy (non-hydrogen) atoms. The molecule has 3 aromatic rings. The van der Waals surface area contributed by atoms with Gasteiger partial charge in [-0.2, -0.15) is 0 Å². The first-order valence-corrected chi connectivity index (χ1v) is 8.81. The highest BCUT2D eigenvalue weighted by molar-refractivity contribution is 5.99. The third-order valence-corrected chi connectivity index (χ3v) is 4.63. The second kappa shape index (κ2) is 7.00. The number of carbonyl (C=O) groups excluding carboxylic acids is 2. The molecule has 0 saturated carbocycles. The Morgan fingerprint density at radius 1 is 1.12 bits per heavy atom. The minimum atomic E-state index is -0.242. The molecule has 3 N–H and O–H groups in total. The Hall–Kier alpha value is -3.15. The maximum Gasteiger partial charge on any atom is 0.252 e. The van der Waals surface area contributed by atoms with Gasteiger partial charge in [-0.3, -0.25) is 9.59 Å². The number of fused-ring (bicyclic) bond motifs is 2. The van der Waals surface area contributed by atoms with Crippen LogP contribution in [0.15, 0.2) is 48.5 Å². The van der Waals surface area contributed by atoms with Gasteiger partial charge in [-0.25, -0.2) is 4.98 Å². The number of benzene rings is 2. The maximum atomic E-state index is 12.2. The molecule has 2 amide bonds. The van der Waals surface area contributed by atoms with E-state index in [2.05, 4.69) is 20.6 Å². The lowest BCUT2D eigenvalue weighted by Gasteiger charge is -2.11. The molecule has 6 nitrogen and oxygen atoms in total. The number of rotatable bonds is 6. The lowest BCUT2D eigenvalue weighted by atomic mass is 10.0. The van der Waals surface area contributed by atoms with Crippen molar-refractivity contribution in [2.45, 2.75) is 25.3 Å². The molecule has 0 aliphatic carbocycles. The van der Waals surface area contributed by atoms with E-state index >= 15 is 0 Å². The SMILES string of the molecule is O=C(C[C@@H]1NC(=O)c2ccccc21)NCCCc1nc2ccccc2[nH]1. The van der Waals surface area contributed by atoms with Crippen molar-refractivity contribution < 1.29 is 9.59 Å². The summed E-state index contributed by atoms with van der Waals surface area (Å²) in [6.45, 7) is 0.582. The zero-order chi connectivity index (χ0) is 17.9. The fourth-order valence-corrected chi connectivity index (χ4v) is 3.35. The minimum absolute atomic E-state index is 0.0587. The number of aromatic nitrogens is 2. The van der Waals surface area contributed by atoms with Crippen LogP contribution in [0.25, 0.3) is 11.0 Å². The zero-order valence-electron chi connectivity index (χ0n) is 14.3. The van der Waals surface area contributed by atoms with Crippen LogP contribution in [-0.4, -0.2) is 28.3 Å². The monoisotopic (exact) mass is 348 g/mol. The Balaban J connectivity index is 1.25. The van der Waals surface area contributed by atoms with Crippen molar-refractivity contribution in [3.05, 3.63) is 65.5 Å². The average Bonchev–Trinajstić information content (AvgIpc) is 3.20. The van der Waals surface area contributed by atoms with Gasteiger partial charge in [0.1, 0.15) is 5.82 Å². The van der Waals surface area contributed by atoms with Gasteiger partial charge in [0.25, 0.3) is 5.91 Å². The number of hydrogen-bond donors (Lipinski definition) is 3. The fourth-order valence-electron chi connectivity index (χ4n) is 3.35. The number of aromatic amines is 1. The van der Waals surface area contributed by atoms with E-state index in [9.17, 15) is 9.59 Å². The van der Waals surface area contributed by atoms with Crippen LogP contribution in [0.4, 0.5) is 0 Å². The molecule has 0 fully saturated rings. The van der Waals surface area contributed by atoms with Crippen LogP contribution < -0.4 is 10.6 Å². The second-order valence-electron chi connectivity index (χ2n) is 6.47. The van der Waals surface area contributed by atoms with E-state index in [1.165, 1.54) is 0 Å². The molecule has 0 bridgehead atoms. The number of carbonyl (C=O) groups is 2. The van der Waals surface area contributed by atoms with Crippen LogP contribution in [0, 0.1) is 0 Å². The average molecular weight is 348 g/mol. The van der Waals surface area contributed by atoms with Crippen LogP contribution >= 0.6 is 0 Å². The Morgan fingerprint density at radius 2 is 1.92 bits per heavy atom. The first kappa shape index (κ1) is 16.3. The quantitative estimate of drug-likeness (QED) is 0.598. The molecule has 1 aliphatic rings. The number of imidazole rings is 1. The van der Waals surface area contributed by atoms with Crippen molar-refractivity contribution in [2.75, 3.05) is 6.54 Å². The number of aryl methyl sites for hydroxylation is 1. The Morgan fingerprint density at radius 3 is 2.81 bits per heavy atom. The predicted octanol–water partition coefficient (Wildman–Crippen LogP) is 2.49. The van der Waals surface area contributed by atoms with Gasteiger partial charge in [0.15, 0.2) is 0 Å². The molecule has 4 rings (SSSR count). The smallest absolute Gasteiger partial charge is 0.252 e. The highest BCUT2D eigenvalue weighted by Gasteiger charge is 2.29. The summed E-state index contributed by atoms with van der Waals surface area (Å²) in [6.07, 6.45) is 1.84. The molecule has 0 radical (unpaired) electrons. The topological polar surface area (TPSA) is 86.9 Å². The number of para-hydroxylation sites is 2. The standard InChI is InChI=1S/C20H20N4O2/c25-19(12-17-13-6-1-2-7-14(13)20(26)24-17)21-11-5-10-18-22-15-8-3-4-9-16(15)23-18/h1-4,6-9,17H,5,10-12H2,(H,21,25)(H,22,23)(H,24,26)/t17-/m0/s1. The third kappa shape index (κ3) is 3.31. The summed E-state index contributed by atoms with van der Waals surface area (Å²) >= 11 is 0. The number of amides is 2. The van der Waals surface area contributed by atoms with E-state index in [1.807, 2.05) is 42.5 Å². The third-order valence-electron chi connectivity index (χ3n) is 4.63. The molecule has 6 heteroatoms. The summed E-state index contributed by atoms with van der Waals surface area (Å²) in [5, 5.41) is 5.79. The fraction of sp³-hybridized carbons (Fsp3) is 0.250. The van der Waals surface area contributed by atoms with Crippen molar-refractivity contribution in [2.24, 2.45) is 0 Å². The number of nitrogens with one attached hydrogen (secondary N) is 3. The Kier molecular flexibility index (Phi) is 4.39. The molecule has 1 atom stereocenters. The first-order valence-electron chi connectivity index (χ1n) is 8.81. The van der Waals surface area contributed by atoms with E-state index in [0.29, 0.717) is 12.1 Å². The van der Waals surface area contributed by atoms with Gasteiger partial charge in [-0.1, -0.05) is 30.3 Å². The van der Waals surface area contributed by atoms with Crippen molar-refractivity contribution in [1.82, 2.24) is 20.6 Å². The van der Waals surface area contributed by atoms with Crippen LogP contribution in [-0.2, 0) is 11.2 Å². The molecular weight excluding hydrogens is 328 g/mol. The molecule has 0 saturated heterocycles. The van der Waals surface area contributed by atoms with Gasteiger partial charge in [0, 0.05) is 18.5 Å². The maximum absolute atomic E-state index is 12.2. The largest absolute Gasteiger partial charge is 0.356 e.